The zero-order valence-electron chi connectivity index (χ0n) is 13.6. The molecule has 0 aliphatic carbocycles. The third kappa shape index (κ3) is 3.15. The Morgan fingerprint density at radius 3 is 2.64 bits per heavy atom. The minimum absolute atomic E-state index is 0.0746. The lowest BCUT2D eigenvalue weighted by atomic mass is 10.1. The number of pyridine rings is 1. The molecule has 1 aromatic carbocycles. The summed E-state index contributed by atoms with van der Waals surface area (Å²) in [6.07, 6.45) is 5.78. The number of carbonyl (C=O) groups excluding carboxylic acids is 1. The number of anilines is 1. The second-order valence-corrected chi connectivity index (χ2v) is 6.68. The fourth-order valence-corrected chi connectivity index (χ4v) is 3.31. The number of nitrogens with zero attached hydrogens (tertiary/aromatic N) is 4. The van der Waals surface area contributed by atoms with Crippen LogP contribution in [0.15, 0.2) is 58.2 Å². The SMILES string of the molecule is CSc1ccc(N2CC(c3nc(-c4ccncc4)no3)CC2=O)cc1. The summed E-state index contributed by atoms with van der Waals surface area (Å²) >= 11 is 1.68. The predicted molar refractivity (Wildman–Crippen MR) is 95.5 cm³/mol. The van der Waals surface area contributed by atoms with Gasteiger partial charge >= 0.3 is 0 Å². The lowest BCUT2D eigenvalue weighted by Crippen LogP contribution is -2.24. The number of amides is 1. The van der Waals surface area contributed by atoms with E-state index in [2.05, 4.69) is 15.1 Å². The van der Waals surface area contributed by atoms with Crippen molar-refractivity contribution in [2.24, 2.45) is 0 Å². The Kier molecular flexibility index (Phi) is 4.23. The summed E-state index contributed by atoms with van der Waals surface area (Å²) in [5.41, 5.74) is 1.75. The van der Waals surface area contributed by atoms with Gasteiger partial charge in [-0.15, -0.1) is 11.8 Å². The molecule has 3 heterocycles. The topological polar surface area (TPSA) is 72.1 Å². The summed E-state index contributed by atoms with van der Waals surface area (Å²) in [4.78, 5) is 23.8. The average molecular weight is 352 g/mol. The fraction of sp³-hybridized carbons (Fsp3) is 0.222. The van der Waals surface area contributed by atoms with Gasteiger partial charge in [-0.3, -0.25) is 9.78 Å². The summed E-state index contributed by atoms with van der Waals surface area (Å²) in [5.74, 6) is 1.01. The smallest absolute Gasteiger partial charge is 0.232 e. The molecular weight excluding hydrogens is 336 g/mol. The van der Waals surface area contributed by atoms with Gasteiger partial charge in [0, 0.05) is 41.5 Å². The third-order valence-corrected chi connectivity index (χ3v) is 4.98. The minimum atomic E-state index is -0.0872. The van der Waals surface area contributed by atoms with Crippen molar-refractivity contribution < 1.29 is 9.32 Å². The predicted octanol–water partition coefficient (Wildman–Crippen LogP) is 3.37. The van der Waals surface area contributed by atoms with E-state index >= 15 is 0 Å². The summed E-state index contributed by atoms with van der Waals surface area (Å²) < 4.78 is 5.41. The number of hydrogen-bond acceptors (Lipinski definition) is 6. The first-order chi connectivity index (χ1) is 12.2. The van der Waals surface area contributed by atoms with E-state index < -0.39 is 0 Å². The maximum Gasteiger partial charge on any atom is 0.232 e. The molecule has 1 unspecified atom stereocenters. The van der Waals surface area contributed by atoms with Gasteiger partial charge < -0.3 is 9.42 Å². The molecule has 0 radical (unpaired) electrons. The van der Waals surface area contributed by atoms with Crippen LogP contribution in [0.2, 0.25) is 0 Å². The van der Waals surface area contributed by atoms with Crippen LogP contribution in [-0.2, 0) is 4.79 Å². The van der Waals surface area contributed by atoms with E-state index in [1.807, 2.05) is 42.7 Å². The lowest BCUT2D eigenvalue weighted by Gasteiger charge is -2.16. The average Bonchev–Trinajstić information content (AvgIpc) is 3.29. The molecule has 1 aliphatic rings. The van der Waals surface area contributed by atoms with Gasteiger partial charge in [0.05, 0.1) is 5.92 Å². The molecule has 0 N–H and O–H groups in total. The summed E-state index contributed by atoms with van der Waals surface area (Å²) in [6.45, 7) is 0.551. The second kappa shape index (κ2) is 6.68. The second-order valence-electron chi connectivity index (χ2n) is 5.80. The highest BCUT2D eigenvalue weighted by Crippen LogP contribution is 2.32. The minimum Gasteiger partial charge on any atom is -0.339 e. The van der Waals surface area contributed by atoms with E-state index in [1.165, 1.54) is 4.90 Å². The zero-order valence-corrected chi connectivity index (χ0v) is 14.4. The van der Waals surface area contributed by atoms with Gasteiger partial charge in [-0.2, -0.15) is 4.98 Å². The van der Waals surface area contributed by atoms with Crippen molar-refractivity contribution in [2.45, 2.75) is 17.2 Å². The van der Waals surface area contributed by atoms with Gasteiger partial charge in [0.15, 0.2) is 0 Å². The fourth-order valence-electron chi connectivity index (χ4n) is 2.90. The molecule has 1 aliphatic heterocycles. The monoisotopic (exact) mass is 352 g/mol. The van der Waals surface area contributed by atoms with Gasteiger partial charge in [-0.05, 0) is 42.7 Å². The Morgan fingerprint density at radius 1 is 1.16 bits per heavy atom. The third-order valence-electron chi connectivity index (χ3n) is 4.24. The van der Waals surface area contributed by atoms with Crippen molar-refractivity contribution in [3.63, 3.8) is 0 Å². The molecule has 4 rings (SSSR count). The number of benzene rings is 1. The van der Waals surface area contributed by atoms with Crippen LogP contribution in [0.25, 0.3) is 11.4 Å². The van der Waals surface area contributed by atoms with E-state index in [1.54, 1.807) is 29.1 Å². The van der Waals surface area contributed by atoms with Crippen LogP contribution < -0.4 is 4.90 Å². The first kappa shape index (κ1) is 15.8. The lowest BCUT2D eigenvalue weighted by molar-refractivity contribution is -0.117. The molecule has 3 aromatic rings. The number of thioether (sulfide) groups is 1. The first-order valence-electron chi connectivity index (χ1n) is 7.93. The molecule has 0 spiro atoms. The number of rotatable bonds is 4. The molecule has 0 saturated carbocycles. The molecule has 7 heteroatoms. The summed E-state index contributed by atoms with van der Waals surface area (Å²) in [6, 6.07) is 11.6. The Labute approximate surface area is 149 Å². The number of aromatic nitrogens is 3. The normalized spacial score (nSPS) is 17.2. The highest BCUT2D eigenvalue weighted by molar-refractivity contribution is 7.98. The summed E-state index contributed by atoms with van der Waals surface area (Å²) in [7, 11) is 0. The van der Waals surface area contributed by atoms with Crippen molar-refractivity contribution in [1.82, 2.24) is 15.1 Å². The maximum atomic E-state index is 12.4. The molecule has 1 saturated heterocycles. The van der Waals surface area contributed by atoms with Crippen molar-refractivity contribution in [3.05, 3.63) is 54.7 Å². The first-order valence-corrected chi connectivity index (χ1v) is 9.15. The quantitative estimate of drug-likeness (QED) is 0.670. The van der Waals surface area contributed by atoms with Crippen LogP contribution in [0, 0.1) is 0 Å². The van der Waals surface area contributed by atoms with E-state index in [0.717, 1.165) is 11.3 Å². The molecule has 6 nitrogen and oxygen atoms in total. The molecule has 25 heavy (non-hydrogen) atoms. The molecule has 1 atom stereocenters. The van der Waals surface area contributed by atoms with Gasteiger partial charge in [-0.25, -0.2) is 0 Å². The van der Waals surface area contributed by atoms with E-state index in [-0.39, 0.29) is 11.8 Å². The Hall–Kier alpha value is -2.67. The van der Waals surface area contributed by atoms with E-state index in [9.17, 15) is 4.79 Å². The Morgan fingerprint density at radius 2 is 1.92 bits per heavy atom. The standard InChI is InChI=1S/C18H16N4O2S/c1-25-15-4-2-14(3-5-15)22-11-13(10-16(22)23)18-20-17(21-24-18)12-6-8-19-9-7-12/h2-9,13H,10-11H2,1H3. The van der Waals surface area contributed by atoms with Crippen molar-refractivity contribution >= 4 is 23.4 Å². The molecule has 126 valence electrons. The number of hydrogen-bond donors (Lipinski definition) is 0. The Balaban J connectivity index is 1.53. The van der Waals surface area contributed by atoms with Crippen molar-refractivity contribution in [1.29, 1.82) is 0 Å². The maximum absolute atomic E-state index is 12.4. The number of carbonyl (C=O) groups is 1. The molecule has 1 amide bonds. The van der Waals surface area contributed by atoms with Crippen molar-refractivity contribution in [2.75, 3.05) is 17.7 Å². The summed E-state index contributed by atoms with van der Waals surface area (Å²) in [5, 5.41) is 4.03. The highest BCUT2D eigenvalue weighted by Gasteiger charge is 2.35. The highest BCUT2D eigenvalue weighted by atomic mass is 32.2. The zero-order chi connectivity index (χ0) is 17.2. The molecule has 0 bridgehead atoms. The van der Waals surface area contributed by atoms with E-state index in [0.29, 0.717) is 24.7 Å². The molecule has 1 fully saturated rings. The van der Waals surface area contributed by atoms with Crippen LogP contribution >= 0.6 is 11.8 Å². The van der Waals surface area contributed by atoms with Crippen LogP contribution in [-0.4, -0.2) is 33.8 Å². The van der Waals surface area contributed by atoms with Gasteiger partial charge in [0.2, 0.25) is 17.6 Å². The molecule has 2 aromatic heterocycles. The van der Waals surface area contributed by atoms with E-state index in [4.69, 9.17) is 4.52 Å². The van der Waals surface area contributed by atoms with Crippen molar-refractivity contribution in [3.8, 4) is 11.4 Å². The van der Waals surface area contributed by atoms with Gasteiger partial charge in [-0.1, -0.05) is 5.16 Å². The van der Waals surface area contributed by atoms with Gasteiger partial charge in [0.25, 0.3) is 0 Å². The van der Waals surface area contributed by atoms with Crippen LogP contribution in [0.1, 0.15) is 18.2 Å². The van der Waals surface area contributed by atoms with Gasteiger partial charge in [0.1, 0.15) is 0 Å². The Bertz CT molecular complexity index is 880. The van der Waals surface area contributed by atoms with Crippen LogP contribution in [0.3, 0.4) is 0 Å². The largest absolute Gasteiger partial charge is 0.339 e. The molecular formula is C18H16N4O2S. The van der Waals surface area contributed by atoms with Crippen LogP contribution in [0.5, 0.6) is 0 Å². The van der Waals surface area contributed by atoms with Crippen LogP contribution in [0.4, 0.5) is 5.69 Å².